The molecule has 2 heterocycles. The Morgan fingerprint density at radius 3 is 2.89 bits per heavy atom. The van der Waals surface area contributed by atoms with Crippen LogP contribution in [0.2, 0.25) is 5.02 Å². The number of imide groups is 1. The average molecular weight is 283 g/mol. The second-order valence-electron chi connectivity index (χ2n) is 4.07. The van der Waals surface area contributed by atoms with Gasteiger partial charge in [-0.2, -0.15) is 0 Å². The van der Waals surface area contributed by atoms with Crippen LogP contribution in [-0.4, -0.2) is 28.7 Å². The van der Waals surface area contributed by atoms with Crippen molar-refractivity contribution in [3.05, 3.63) is 22.8 Å². The van der Waals surface area contributed by atoms with Gasteiger partial charge in [-0.25, -0.2) is 4.98 Å². The Morgan fingerprint density at radius 1 is 1.53 bits per heavy atom. The van der Waals surface area contributed by atoms with Crippen molar-refractivity contribution < 1.29 is 14.4 Å². The molecule has 1 fully saturated rings. The summed E-state index contributed by atoms with van der Waals surface area (Å²) in [4.78, 5) is 38.1. The van der Waals surface area contributed by atoms with Gasteiger partial charge in [0.05, 0.1) is 10.6 Å². The number of hydrogen-bond donors (Lipinski definition) is 3. The molecule has 0 aliphatic carbocycles. The number of nitrogens with two attached hydrogens (primary N) is 1. The number of nitrogen functional groups attached to an aromatic ring is 1. The number of hydrogen-bond acceptors (Lipinski definition) is 5. The Kier molecular flexibility index (Phi) is 3.66. The molecule has 0 aromatic carbocycles. The second kappa shape index (κ2) is 5.23. The highest BCUT2D eigenvalue weighted by molar-refractivity contribution is 6.33. The van der Waals surface area contributed by atoms with Gasteiger partial charge in [-0.3, -0.25) is 19.7 Å². The summed E-state index contributed by atoms with van der Waals surface area (Å²) in [5.74, 6) is -1.23. The second-order valence-corrected chi connectivity index (χ2v) is 4.48. The lowest BCUT2D eigenvalue weighted by Gasteiger charge is -2.21. The van der Waals surface area contributed by atoms with Crippen molar-refractivity contribution in [3.8, 4) is 0 Å². The summed E-state index contributed by atoms with van der Waals surface area (Å²) in [6, 6.07) is 0.631. The summed E-state index contributed by atoms with van der Waals surface area (Å²) in [5.41, 5.74) is 5.63. The highest BCUT2D eigenvalue weighted by atomic mass is 35.5. The third kappa shape index (κ3) is 3.00. The highest BCUT2D eigenvalue weighted by Gasteiger charge is 2.28. The molecule has 4 N–H and O–H groups in total. The van der Waals surface area contributed by atoms with Crippen LogP contribution in [-0.2, 0) is 9.59 Å². The number of nitrogens with one attached hydrogen (secondary N) is 2. The van der Waals surface area contributed by atoms with Crippen LogP contribution < -0.4 is 16.4 Å². The van der Waals surface area contributed by atoms with Crippen molar-refractivity contribution in [1.82, 2.24) is 15.6 Å². The highest BCUT2D eigenvalue weighted by Crippen LogP contribution is 2.17. The standard InChI is InChI=1S/C11H11ClN4O3/c12-6-3-5(4-14-9(6)13)10(18)15-7-1-2-8(17)16-11(7)19/h3-4,7H,1-2H2,(H2,13,14)(H,15,18)(H,16,17,19). The number of amides is 3. The number of pyridine rings is 1. The van der Waals surface area contributed by atoms with Crippen LogP contribution >= 0.6 is 11.6 Å². The lowest BCUT2D eigenvalue weighted by molar-refractivity contribution is -0.134. The predicted octanol–water partition coefficient (Wildman–Crippen LogP) is -0.148. The number of piperidine rings is 1. The molecule has 2 rings (SSSR count). The molecule has 0 saturated carbocycles. The van der Waals surface area contributed by atoms with Gasteiger partial charge < -0.3 is 11.1 Å². The summed E-state index contributed by atoms with van der Waals surface area (Å²) in [5, 5.41) is 4.82. The average Bonchev–Trinajstić information content (AvgIpc) is 2.36. The summed E-state index contributed by atoms with van der Waals surface area (Å²) < 4.78 is 0. The lowest BCUT2D eigenvalue weighted by Crippen LogP contribution is -2.52. The maximum absolute atomic E-state index is 11.9. The molecule has 1 atom stereocenters. The molecule has 19 heavy (non-hydrogen) atoms. The molecular formula is C11H11ClN4O3. The molecule has 3 amide bonds. The number of aromatic nitrogens is 1. The summed E-state index contributed by atoms with van der Waals surface area (Å²) in [7, 11) is 0. The van der Waals surface area contributed by atoms with E-state index in [-0.39, 0.29) is 35.2 Å². The fourth-order valence-corrected chi connectivity index (χ4v) is 1.81. The van der Waals surface area contributed by atoms with E-state index in [1.54, 1.807) is 0 Å². The first-order valence-corrected chi connectivity index (χ1v) is 5.90. The van der Waals surface area contributed by atoms with Crippen LogP contribution in [0, 0.1) is 0 Å². The zero-order chi connectivity index (χ0) is 14.0. The number of carbonyl (C=O) groups excluding carboxylic acids is 3. The third-order valence-corrected chi connectivity index (χ3v) is 2.98. The number of halogens is 1. The van der Waals surface area contributed by atoms with Gasteiger partial charge in [0.25, 0.3) is 5.91 Å². The largest absolute Gasteiger partial charge is 0.382 e. The minimum Gasteiger partial charge on any atom is -0.382 e. The predicted molar refractivity (Wildman–Crippen MR) is 67.3 cm³/mol. The van der Waals surface area contributed by atoms with Crippen LogP contribution in [0.1, 0.15) is 23.2 Å². The Labute approximate surface area is 113 Å². The Morgan fingerprint density at radius 2 is 2.26 bits per heavy atom. The molecule has 0 bridgehead atoms. The normalized spacial score (nSPS) is 18.9. The first kappa shape index (κ1) is 13.3. The molecule has 1 saturated heterocycles. The molecule has 0 radical (unpaired) electrons. The van der Waals surface area contributed by atoms with Crippen molar-refractivity contribution in [2.45, 2.75) is 18.9 Å². The number of nitrogens with zero attached hydrogens (tertiary/aromatic N) is 1. The van der Waals surface area contributed by atoms with Crippen LogP contribution in [0.3, 0.4) is 0 Å². The minimum absolute atomic E-state index is 0.124. The Bertz CT molecular complexity index is 561. The zero-order valence-electron chi connectivity index (χ0n) is 9.77. The molecule has 0 spiro atoms. The molecule has 1 unspecified atom stereocenters. The maximum Gasteiger partial charge on any atom is 0.253 e. The van der Waals surface area contributed by atoms with Gasteiger partial charge >= 0.3 is 0 Å². The zero-order valence-corrected chi connectivity index (χ0v) is 10.5. The van der Waals surface area contributed by atoms with Crippen molar-refractivity contribution in [3.63, 3.8) is 0 Å². The van der Waals surface area contributed by atoms with E-state index in [4.69, 9.17) is 17.3 Å². The van der Waals surface area contributed by atoms with Gasteiger partial charge in [0.2, 0.25) is 11.8 Å². The van der Waals surface area contributed by atoms with Crippen molar-refractivity contribution in [2.75, 3.05) is 5.73 Å². The first-order valence-electron chi connectivity index (χ1n) is 5.53. The van der Waals surface area contributed by atoms with Crippen molar-refractivity contribution >= 4 is 35.1 Å². The maximum atomic E-state index is 11.9. The van der Waals surface area contributed by atoms with Gasteiger partial charge in [0.1, 0.15) is 11.9 Å². The fourth-order valence-electron chi connectivity index (χ4n) is 1.65. The molecular weight excluding hydrogens is 272 g/mol. The Hall–Kier alpha value is -2.15. The molecule has 100 valence electrons. The smallest absolute Gasteiger partial charge is 0.253 e. The molecule has 1 aromatic heterocycles. The van der Waals surface area contributed by atoms with E-state index in [2.05, 4.69) is 15.6 Å². The Balaban J connectivity index is 2.06. The van der Waals surface area contributed by atoms with E-state index in [1.807, 2.05) is 0 Å². The van der Waals surface area contributed by atoms with E-state index in [1.165, 1.54) is 12.3 Å². The van der Waals surface area contributed by atoms with Crippen LogP contribution in [0.25, 0.3) is 0 Å². The van der Waals surface area contributed by atoms with Gasteiger partial charge in [0, 0.05) is 12.6 Å². The molecule has 1 aliphatic heterocycles. The molecule has 7 nitrogen and oxygen atoms in total. The van der Waals surface area contributed by atoms with Crippen LogP contribution in [0.5, 0.6) is 0 Å². The molecule has 8 heteroatoms. The lowest BCUT2D eigenvalue weighted by atomic mass is 10.1. The van der Waals surface area contributed by atoms with E-state index >= 15 is 0 Å². The number of rotatable bonds is 2. The molecule has 1 aliphatic rings. The quantitative estimate of drug-likeness (QED) is 0.653. The van der Waals surface area contributed by atoms with Crippen molar-refractivity contribution in [1.29, 1.82) is 0 Å². The third-order valence-electron chi connectivity index (χ3n) is 2.68. The summed E-state index contributed by atoms with van der Waals surface area (Å²) in [6.45, 7) is 0. The van der Waals surface area contributed by atoms with E-state index < -0.39 is 17.9 Å². The number of carbonyl (C=O) groups is 3. The van der Waals surface area contributed by atoms with E-state index in [9.17, 15) is 14.4 Å². The van der Waals surface area contributed by atoms with E-state index in [0.717, 1.165) is 0 Å². The van der Waals surface area contributed by atoms with E-state index in [0.29, 0.717) is 0 Å². The summed E-state index contributed by atoms with van der Waals surface area (Å²) >= 11 is 5.76. The summed E-state index contributed by atoms with van der Waals surface area (Å²) in [6.07, 6.45) is 1.73. The SMILES string of the molecule is Nc1ncc(C(=O)NC2CCC(=O)NC2=O)cc1Cl. The minimum atomic E-state index is -0.735. The van der Waals surface area contributed by atoms with Gasteiger partial charge in [0.15, 0.2) is 0 Å². The fraction of sp³-hybridized carbons (Fsp3) is 0.273. The van der Waals surface area contributed by atoms with Crippen LogP contribution in [0.4, 0.5) is 5.82 Å². The topological polar surface area (TPSA) is 114 Å². The van der Waals surface area contributed by atoms with Crippen LogP contribution in [0.15, 0.2) is 12.3 Å². The first-order chi connectivity index (χ1) is 8.97. The monoisotopic (exact) mass is 282 g/mol. The van der Waals surface area contributed by atoms with Gasteiger partial charge in [-0.05, 0) is 12.5 Å². The van der Waals surface area contributed by atoms with Gasteiger partial charge in [-0.15, -0.1) is 0 Å². The molecule has 1 aromatic rings. The van der Waals surface area contributed by atoms with Crippen molar-refractivity contribution in [2.24, 2.45) is 0 Å². The van der Waals surface area contributed by atoms with Gasteiger partial charge in [-0.1, -0.05) is 11.6 Å². The number of anilines is 1.